The summed E-state index contributed by atoms with van der Waals surface area (Å²) in [6.45, 7) is 2.93. The zero-order valence-electron chi connectivity index (χ0n) is 17.8. The van der Waals surface area contributed by atoms with Gasteiger partial charge in [0, 0.05) is 24.4 Å². The maximum absolute atomic E-state index is 13.1. The van der Waals surface area contributed by atoms with E-state index < -0.39 is 0 Å². The van der Waals surface area contributed by atoms with Crippen LogP contribution in [0.5, 0.6) is 11.5 Å². The summed E-state index contributed by atoms with van der Waals surface area (Å²) >= 11 is 3.22. The fraction of sp³-hybridized carbons (Fsp3) is 0.435. The molecule has 0 bridgehead atoms. The highest BCUT2D eigenvalue weighted by atomic mass is 32.2. The van der Waals surface area contributed by atoms with E-state index in [0.717, 1.165) is 61.0 Å². The normalized spacial score (nSPS) is 18.0. The Morgan fingerprint density at radius 3 is 2.97 bits per heavy atom. The van der Waals surface area contributed by atoms with E-state index in [1.807, 2.05) is 21.6 Å². The van der Waals surface area contributed by atoms with Crippen LogP contribution in [0.25, 0.3) is 0 Å². The quantitative estimate of drug-likeness (QED) is 0.482. The fourth-order valence-corrected chi connectivity index (χ4v) is 5.73. The van der Waals surface area contributed by atoms with Crippen LogP contribution in [0.4, 0.5) is 0 Å². The Kier molecular flexibility index (Phi) is 6.64. The number of thiophene rings is 1. The fourth-order valence-electron chi connectivity index (χ4n) is 4.20. The molecule has 1 amide bonds. The minimum atomic E-state index is 0.0805. The zero-order chi connectivity index (χ0) is 21.8. The van der Waals surface area contributed by atoms with Crippen molar-refractivity contribution in [3.8, 4) is 11.5 Å². The number of ether oxygens (including phenoxy) is 2. The first kappa shape index (κ1) is 21.3. The minimum absolute atomic E-state index is 0.0805. The predicted molar refractivity (Wildman–Crippen MR) is 125 cm³/mol. The highest BCUT2D eigenvalue weighted by molar-refractivity contribution is 7.99. The zero-order valence-corrected chi connectivity index (χ0v) is 19.4. The van der Waals surface area contributed by atoms with Crippen LogP contribution in [0, 0.1) is 0 Å². The Bertz CT molecular complexity index is 1050. The summed E-state index contributed by atoms with van der Waals surface area (Å²) in [5.41, 5.74) is 1.12. The molecule has 32 heavy (non-hydrogen) atoms. The summed E-state index contributed by atoms with van der Waals surface area (Å²) < 4.78 is 13.6. The molecular formula is C23H26N4O3S2. The van der Waals surface area contributed by atoms with Gasteiger partial charge in [-0.25, -0.2) is 0 Å². The van der Waals surface area contributed by atoms with E-state index in [-0.39, 0.29) is 11.9 Å². The molecule has 1 unspecified atom stereocenters. The van der Waals surface area contributed by atoms with Crippen LogP contribution in [0.3, 0.4) is 0 Å². The van der Waals surface area contributed by atoms with Gasteiger partial charge < -0.3 is 18.9 Å². The molecule has 9 heteroatoms. The van der Waals surface area contributed by atoms with Gasteiger partial charge >= 0.3 is 0 Å². The highest BCUT2D eigenvalue weighted by Gasteiger charge is 2.31. The van der Waals surface area contributed by atoms with Crippen LogP contribution >= 0.6 is 23.1 Å². The van der Waals surface area contributed by atoms with Gasteiger partial charge in [0.25, 0.3) is 0 Å². The van der Waals surface area contributed by atoms with Gasteiger partial charge in [0.1, 0.15) is 6.33 Å². The number of amides is 1. The molecule has 0 spiro atoms. The van der Waals surface area contributed by atoms with Crippen LogP contribution in [-0.4, -0.2) is 51.1 Å². The average Bonchev–Trinajstić information content (AvgIpc) is 3.56. The third-order valence-corrected chi connectivity index (χ3v) is 7.72. The molecule has 168 valence electrons. The minimum Gasteiger partial charge on any atom is -0.490 e. The molecule has 0 saturated carbocycles. The predicted octanol–water partition coefficient (Wildman–Crippen LogP) is 4.20. The second-order valence-corrected chi connectivity index (χ2v) is 9.90. The third-order valence-electron chi connectivity index (χ3n) is 5.81. The van der Waals surface area contributed by atoms with Crippen molar-refractivity contribution in [2.24, 2.45) is 0 Å². The van der Waals surface area contributed by atoms with Crippen molar-refractivity contribution in [2.45, 2.75) is 43.4 Å². The van der Waals surface area contributed by atoms with Gasteiger partial charge in [-0.1, -0.05) is 23.9 Å². The number of fused-ring (bicyclic) bond motifs is 1. The topological polar surface area (TPSA) is 69.5 Å². The third kappa shape index (κ3) is 4.78. The van der Waals surface area contributed by atoms with Crippen LogP contribution in [0.1, 0.15) is 35.7 Å². The second kappa shape index (κ2) is 9.95. The number of nitrogens with zero attached hydrogens (tertiary/aromatic N) is 4. The lowest BCUT2D eigenvalue weighted by molar-refractivity contribution is -0.129. The molecule has 0 N–H and O–H groups in total. The van der Waals surface area contributed by atoms with Gasteiger partial charge in [-0.15, -0.1) is 21.5 Å². The summed E-state index contributed by atoms with van der Waals surface area (Å²) in [5, 5.41) is 11.2. The molecule has 2 aromatic heterocycles. The van der Waals surface area contributed by atoms with Gasteiger partial charge in [-0.2, -0.15) is 0 Å². The van der Waals surface area contributed by atoms with E-state index >= 15 is 0 Å². The summed E-state index contributed by atoms with van der Waals surface area (Å²) in [7, 11) is 0. The number of rotatable bonds is 7. The highest BCUT2D eigenvalue weighted by Crippen LogP contribution is 2.38. The van der Waals surface area contributed by atoms with E-state index in [2.05, 4.69) is 33.8 Å². The van der Waals surface area contributed by atoms with Gasteiger partial charge in [0.2, 0.25) is 5.91 Å². The maximum Gasteiger partial charge on any atom is 0.233 e. The van der Waals surface area contributed by atoms with E-state index in [4.69, 9.17) is 9.47 Å². The molecule has 1 saturated heterocycles. The molecule has 1 fully saturated rings. The van der Waals surface area contributed by atoms with E-state index in [0.29, 0.717) is 19.0 Å². The first-order valence-corrected chi connectivity index (χ1v) is 12.9. The SMILES string of the molecule is O=C(CSc1nncn1CCc1cccs1)N1CCCC1c1ccc2c(c1)OCCCO2. The number of carbonyl (C=O) groups excluding carboxylic acids is 1. The Labute approximate surface area is 195 Å². The van der Waals surface area contributed by atoms with Crippen molar-refractivity contribution in [1.29, 1.82) is 0 Å². The average molecular weight is 471 g/mol. The van der Waals surface area contributed by atoms with Gasteiger partial charge in [0.05, 0.1) is 25.0 Å². The molecule has 2 aliphatic rings. The van der Waals surface area contributed by atoms with Gasteiger partial charge in [-0.3, -0.25) is 4.79 Å². The Morgan fingerprint density at radius 1 is 1.19 bits per heavy atom. The Morgan fingerprint density at radius 2 is 2.09 bits per heavy atom. The number of aromatic nitrogens is 3. The van der Waals surface area contributed by atoms with Gasteiger partial charge in [0.15, 0.2) is 16.7 Å². The monoisotopic (exact) mass is 470 g/mol. The molecule has 7 nitrogen and oxygen atoms in total. The van der Waals surface area contributed by atoms with Crippen molar-refractivity contribution < 1.29 is 14.3 Å². The smallest absolute Gasteiger partial charge is 0.233 e. The van der Waals surface area contributed by atoms with Crippen molar-refractivity contribution in [2.75, 3.05) is 25.5 Å². The number of hydrogen-bond acceptors (Lipinski definition) is 7. The Balaban J connectivity index is 1.21. The van der Waals surface area contributed by atoms with Crippen LogP contribution in [0.15, 0.2) is 47.2 Å². The number of carbonyl (C=O) groups is 1. The van der Waals surface area contributed by atoms with E-state index in [1.165, 1.54) is 16.6 Å². The summed E-state index contributed by atoms with van der Waals surface area (Å²) in [5.74, 6) is 2.07. The lowest BCUT2D eigenvalue weighted by Crippen LogP contribution is -2.32. The summed E-state index contributed by atoms with van der Waals surface area (Å²) in [6.07, 6.45) is 5.54. The van der Waals surface area contributed by atoms with E-state index in [1.54, 1.807) is 17.7 Å². The molecule has 5 rings (SSSR count). The first-order chi connectivity index (χ1) is 15.8. The van der Waals surface area contributed by atoms with Gasteiger partial charge in [-0.05, 0) is 48.4 Å². The number of thioether (sulfide) groups is 1. The van der Waals surface area contributed by atoms with Crippen LogP contribution < -0.4 is 9.47 Å². The largest absolute Gasteiger partial charge is 0.490 e. The lowest BCUT2D eigenvalue weighted by Gasteiger charge is -2.25. The molecule has 3 aromatic rings. The molecule has 4 heterocycles. The molecule has 1 atom stereocenters. The molecule has 0 aliphatic carbocycles. The first-order valence-electron chi connectivity index (χ1n) is 11.0. The van der Waals surface area contributed by atoms with Crippen LogP contribution in [0.2, 0.25) is 0 Å². The second-order valence-electron chi connectivity index (χ2n) is 7.93. The van der Waals surface area contributed by atoms with Crippen molar-refractivity contribution >= 4 is 29.0 Å². The Hall–Kier alpha value is -2.52. The summed E-state index contributed by atoms with van der Waals surface area (Å²) in [4.78, 5) is 16.5. The summed E-state index contributed by atoms with van der Waals surface area (Å²) in [6, 6.07) is 10.4. The number of aryl methyl sites for hydroxylation is 2. The standard InChI is InChI=1S/C23H26N4O3S2/c28-22(15-32-23-25-24-16-26(23)10-8-18-4-2-13-31-18)27-9-1-5-19(27)17-6-7-20-21(14-17)30-12-3-11-29-20/h2,4,6-7,13-14,16,19H,1,3,5,8-12,15H2. The lowest BCUT2D eigenvalue weighted by atomic mass is 10.0. The molecular weight excluding hydrogens is 444 g/mol. The number of benzene rings is 1. The van der Waals surface area contributed by atoms with Crippen LogP contribution in [-0.2, 0) is 17.8 Å². The van der Waals surface area contributed by atoms with Crippen molar-refractivity contribution in [3.05, 3.63) is 52.5 Å². The van der Waals surface area contributed by atoms with E-state index in [9.17, 15) is 4.79 Å². The molecule has 0 radical (unpaired) electrons. The number of hydrogen-bond donors (Lipinski definition) is 0. The molecule has 1 aromatic carbocycles. The van der Waals surface area contributed by atoms with Crippen molar-refractivity contribution in [1.82, 2.24) is 19.7 Å². The van der Waals surface area contributed by atoms with Crippen molar-refractivity contribution in [3.63, 3.8) is 0 Å². The number of likely N-dealkylation sites (tertiary alicyclic amines) is 1. The maximum atomic E-state index is 13.1. The molecule has 2 aliphatic heterocycles.